The molecule has 6 nitrogen and oxygen atoms in total. The molecule has 1 aliphatic heterocycles. The summed E-state index contributed by atoms with van der Waals surface area (Å²) in [6.45, 7) is 3.26. The molecule has 8 heteroatoms. The first-order chi connectivity index (χ1) is 9.13. The van der Waals surface area contributed by atoms with Gasteiger partial charge in [0.25, 0.3) is 0 Å². The van der Waals surface area contributed by atoms with Crippen LogP contribution in [-0.2, 0) is 9.53 Å². The lowest BCUT2D eigenvalue weighted by molar-refractivity contribution is -0.124. The molecule has 2 heterocycles. The van der Waals surface area contributed by atoms with Crippen LogP contribution in [0.4, 0.5) is 10.2 Å². The molecule has 0 spiro atoms. The van der Waals surface area contributed by atoms with Gasteiger partial charge in [0.15, 0.2) is 11.6 Å². The van der Waals surface area contributed by atoms with E-state index in [1.807, 2.05) is 6.92 Å². The first-order valence-electron chi connectivity index (χ1n) is 5.93. The number of hydrogen-bond donors (Lipinski definition) is 1. The van der Waals surface area contributed by atoms with E-state index in [-0.39, 0.29) is 23.6 Å². The van der Waals surface area contributed by atoms with Gasteiger partial charge < -0.3 is 15.0 Å². The number of likely N-dealkylation sites (N-methyl/N-ethyl adjacent to an activating group) is 1. The Morgan fingerprint density at radius 2 is 2.53 bits per heavy atom. The lowest BCUT2D eigenvalue weighted by atomic mass is 10.2. The highest BCUT2D eigenvalue weighted by atomic mass is 35.5. The van der Waals surface area contributed by atoms with Crippen molar-refractivity contribution in [2.45, 2.75) is 13.0 Å². The van der Waals surface area contributed by atoms with E-state index in [0.29, 0.717) is 19.7 Å². The van der Waals surface area contributed by atoms with Gasteiger partial charge in [-0.05, 0) is 18.5 Å². The second-order valence-corrected chi connectivity index (χ2v) is 4.33. The lowest BCUT2D eigenvalue weighted by Crippen LogP contribution is -2.54. The average Bonchev–Trinajstić information content (AvgIpc) is 2.42. The van der Waals surface area contributed by atoms with Gasteiger partial charge in [-0.15, -0.1) is 0 Å². The maximum Gasteiger partial charge on any atom is 0.245 e. The molecule has 0 aromatic carbocycles. The van der Waals surface area contributed by atoms with Crippen molar-refractivity contribution in [2.24, 2.45) is 0 Å². The molecule has 1 amide bonds. The number of anilines is 1. The second-order valence-electron chi connectivity index (χ2n) is 3.99. The molecular weight excluding hydrogens is 275 g/mol. The van der Waals surface area contributed by atoms with Crippen LogP contribution in [0, 0.1) is 5.82 Å². The number of hydrogen-bond acceptors (Lipinski definition) is 5. The number of carbonyl (C=O) groups excluding carboxylic acids is 1. The zero-order valence-corrected chi connectivity index (χ0v) is 11.2. The molecule has 0 radical (unpaired) electrons. The van der Waals surface area contributed by atoms with Crippen LogP contribution in [0.1, 0.15) is 6.92 Å². The third kappa shape index (κ3) is 3.10. The van der Waals surface area contributed by atoms with E-state index in [9.17, 15) is 9.18 Å². The van der Waals surface area contributed by atoms with E-state index in [1.54, 1.807) is 4.90 Å². The zero-order valence-electron chi connectivity index (χ0n) is 10.4. The second kappa shape index (κ2) is 6.12. The molecule has 1 aromatic heterocycles. The summed E-state index contributed by atoms with van der Waals surface area (Å²) in [6, 6.07) is -0.617. The van der Waals surface area contributed by atoms with Crippen molar-refractivity contribution in [1.82, 2.24) is 15.3 Å². The minimum Gasteiger partial charge on any atom is -0.377 e. The first-order valence-corrected chi connectivity index (χ1v) is 6.31. The van der Waals surface area contributed by atoms with Crippen molar-refractivity contribution in [1.29, 1.82) is 0 Å². The SMILES string of the molecule is CCNC(=O)C1COCCN1c1nc(Cl)ncc1F. The summed E-state index contributed by atoms with van der Waals surface area (Å²) in [5.41, 5.74) is 0. The minimum atomic E-state index is -0.617. The fraction of sp³-hybridized carbons (Fsp3) is 0.545. The number of nitrogens with zero attached hydrogens (tertiary/aromatic N) is 3. The van der Waals surface area contributed by atoms with Crippen LogP contribution in [0.5, 0.6) is 0 Å². The van der Waals surface area contributed by atoms with Crippen LogP contribution in [0.2, 0.25) is 5.28 Å². The van der Waals surface area contributed by atoms with Gasteiger partial charge in [0.1, 0.15) is 6.04 Å². The van der Waals surface area contributed by atoms with Crippen molar-refractivity contribution in [3.05, 3.63) is 17.3 Å². The normalized spacial score (nSPS) is 19.3. The van der Waals surface area contributed by atoms with Crippen molar-refractivity contribution >= 4 is 23.3 Å². The Bertz CT molecular complexity index is 474. The third-order valence-corrected chi connectivity index (χ3v) is 2.93. The number of aromatic nitrogens is 2. The number of ether oxygens (including phenoxy) is 1. The third-order valence-electron chi connectivity index (χ3n) is 2.75. The topological polar surface area (TPSA) is 67.3 Å². The molecule has 1 N–H and O–H groups in total. The van der Waals surface area contributed by atoms with Gasteiger partial charge in [-0.25, -0.2) is 9.37 Å². The quantitative estimate of drug-likeness (QED) is 0.826. The van der Waals surface area contributed by atoms with Gasteiger partial charge >= 0.3 is 0 Å². The van der Waals surface area contributed by atoms with Gasteiger partial charge in [-0.1, -0.05) is 0 Å². The van der Waals surface area contributed by atoms with Crippen molar-refractivity contribution in [3.8, 4) is 0 Å². The summed E-state index contributed by atoms with van der Waals surface area (Å²) in [5, 5.41) is 2.63. The van der Waals surface area contributed by atoms with Crippen LogP contribution >= 0.6 is 11.6 Å². The van der Waals surface area contributed by atoms with Crippen LogP contribution in [0.15, 0.2) is 6.20 Å². The fourth-order valence-electron chi connectivity index (χ4n) is 1.91. The molecule has 1 aliphatic rings. The van der Waals surface area contributed by atoms with E-state index in [2.05, 4.69) is 15.3 Å². The minimum absolute atomic E-state index is 0.0274. The van der Waals surface area contributed by atoms with E-state index in [4.69, 9.17) is 16.3 Å². The molecule has 0 aliphatic carbocycles. The molecule has 104 valence electrons. The van der Waals surface area contributed by atoms with E-state index >= 15 is 0 Å². The Labute approximate surface area is 114 Å². The summed E-state index contributed by atoms with van der Waals surface area (Å²) >= 11 is 5.68. The highest BCUT2D eigenvalue weighted by molar-refractivity contribution is 6.28. The number of carbonyl (C=O) groups is 1. The van der Waals surface area contributed by atoms with Gasteiger partial charge in [0.2, 0.25) is 11.2 Å². The fourth-order valence-corrected chi connectivity index (χ4v) is 2.03. The predicted octanol–water partition coefficient (Wildman–Crippen LogP) is 0.610. The maximum absolute atomic E-state index is 13.8. The lowest BCUT2D eigenvalue weighted by Gasteiger charge is -2.35. The summed E-state index contributed by atoms with van der Waals surface area (Å²) in [6.07, 6.45) is 0.995. The van der Waals surface area contributed by atoms with E-state index in [0.717, 1.165) is 6.20 Å². The Kier molecular flexibility index (Phi) is 4.49. The summed E-state index contributed by atoms with van der Waals surface area (Å²) in [4.78, 5) is 20.9. The van der Waals surface area contributed by atoms with Gasteiger partial charge in [0.05, 0.1) is 19.4 Å². The van der Waals surface area contributed by atoms with Gasteiger partial charge in [-0.3, -0.25) is 4.79 Å². The molecule has 0 saturated carbocycles. The molecule has 2 rings (SSSR count). The van der Waals surface area contributed by atoms with E-state index < -0.39 is 11.9 Å². The number of amides is 1. The highest BCUT2D eigenvalue weighted by Gasteiger charge is 2.32. The smallest absolute Gasteiger partial charge is 0.245 e. The Morgan fingerprint density at radius 3 is 3.26 bits per heavy atom. The van der Waals surface area contributed by atoms with Gasteiger partial charge in [0, 0.05) is 13.1 Å². The van der Waals surface area contributed by atoms with Crippen molar-refractivity contribution < 1.29 is 13.9 Å². The van der Waals surface area contributed by atoms with E-state index in [1.165, 1.54) is 0 Å². The summed E-state index contributed by atoms with van der Waals surface area (Å²) in [5.74, 6) is -0.809. The molecule has 1 atom stereocenters. The molecule has 1 aromatic rings. The zero-order chi connectivity index (χ0) is 13.8. The average molecular weight is 289 g/mol. The largest absolute Gasteiger partial charge is 0.377 e. The molecule has 1 saturated heterocycles. The van der Waals surface area contributed by atoms with Crippen LogP contribution in [0.25, 0.3) is 0 Å². The summed E-state index contributed by atoms with van der Waals surface area (Å²) in [7, 11) is 0. The molecule has 0 bridgehead atoms. The van der Waals surface area contributed by atoms with Crippen molar-refractivity contribution in [2.75, 3.05) is 31.2 Å². The van der Waals surface area contributed by atoms with Gasteiger partial charge in [-0.2, -0.15) is 4.98 Å². The Morgan fingerprint density at radius 1 is 1.74 bits per heavy atom. The number of morpholine rings is 1. The monoisotopic (exact) mass is 288 g/mol. The van der Waals surface area contributed by atoms with Crippen LogP contribution in [0.3, 0.4) is 0 Å². The highest BCUT2D eigenvalue weighted by Crippen LogP contribution is 2.21. The molecule has 1 unspecified atom stereocenters. The molecule has 1 fully saturated rings. The standard InChI is InChI=1S/C11H14ClFN4O2/c1-2-14-10(18)8-6-19-4-3-17(8)9-7(13)5-15-11(12)16-9/h5,8H,2-4,6H2,1H3,(H,14,18). The van der Waals surface area contributed by atoms with Crippen LogP contribution < -0.4 is 10.2 Å². The first kappa shape index (κ1) is 14.0. The maximum atomic E-state index is 13.8. The number of nitrogens with one attached hydrogen (secondary N) is 1. The number of rotatable bonds is 3. The summed E-state index contributed by atoms with van der Waals surface area (Å²) < 4.78 is 19.0. The predicted molar refractivity (Wildman–Crippen MR) is 67.6 cm³/mol. The van der Waals surface area contributed by atoms with Crippen molar-refractivity contribution in [3.63, 3.8) is 0 Å². The van der Waals surface area contributed by atoms with Crippen LogP contribution in [-0.4, -0.2) is 48.2 Å². The Balaban J connectivity index is 2.28. The molecule has 19 heavy (non-hydrogen) atoms. The molecular formula is C11H14ClFN4O2. The number of halogens is 2. The Hall–Kier alpha value is -1.47.